The highest BCUT2D eigenvalue weighted by atomic mass is 16.6. The van der Waals surface area contributed by atoms with E-state index in [1.165, 1.54) is 0 Å². The maximum absolute atomic E-state index is 10.4. The number of nitroso groups, excluding NO2 is 1. The maximum Gasteiger partial charge on any atom is 0.335 e. The van der Waals surface area contributed by atoms with E-state index in [1.54, 1.807) is 0 Å². The predicted octanol–water partition coefficient (Wildman–Crippen LogP) is -2.35. The van der Waals surface area contributed by atoms with E-state index in [0.29, 0.717) is 0 Å². The summed E-state index contributed by atoms with van der Waals surface area (Å²) in [6.07, 6.45) is -7.14. The van der Waals surface area contributed by atoms with Crippen LogP contribution in [0, 0.1) is 4.91 Å². The minimum atomic E-state index is -1.83. The number of aliphatic carboxylic acids is 1. The van der Waals surface area contributed by atoms with Gasteiger partial charge in [0.25, 0.3) is 0 Å². The van der Waals surface area contributed by atoms with Gasteiger partial charge in [-0.1, -0.05) is 5.18 Å². The SMILES string of the molecule is O=NC1C(O)OC(C(=O)O)C(O)C1O. The van der Waals surface area contributed by atoms with Crippen molar-refractivity contribution in [1.29, 1.82) is 0 Å². The van der Waals surface area contributed by atoms with Gasteiger partial charge in [0.15, 0.2) is 18.4 Å². The Balaban J connectivity index is 2.82. The number of hydrogen-bond donors (Lipinski definition) is 4. The first-order chi connectivity index (χ1) is 6.49. The molecule has 8 heteroatoms. The number of carboxylic acid groups (broad SMARTS) is 1. The van der Waals surface area contributed by atoms with Crippen molar-refractivity contribution in [2.24, 2.45) is 5.18 Å². The molecule has 14 heavy (non-hydrogen) atoms. The lowest BCUT2D eigenvalue weighted by molar-refractivity contribution is -0.244. The first-order valence-electron chi connectivity index (χ1n) is 3.74. The van der Waals surface area contributed by atoms with Crippen LogP contribution < -0.4 is 0 Å². The van der Waals surface area contributed by atoms with Crippen LogP contribution in [0.15, 0.2) is 5.18 Å². The van der Waals surface area contributed by atoms with Crippen LogP contribution in [0.2, 0.25) is 0 Å². The fourth-order valence-electron chi connectivity index (χ4n) is 1.18. The molecule has 0 aromatic rings. The fraction of sp³-hybridized carbons (Fsp3) is 0.833. The smallest absolute Gasteiger partial charge is 0.335 e. The Hall–Kier alpha value is -1.09. The Kier molecular flexibility index (Phi) is 3.11. The van der Waals surface area contributed by atoms with Crippen LogP contribution in [0.1, 0.15) is 0 Å². The Morgan fingerprint density at radius 3 is 2.21 bits per heavy atom. The third-order valence-corrected chi connectivity index (χ3v) is 1.95. The Morgan fingerprint density at radius 2 is 1.79 bits per heavy atom. The van der Waals surface area contributed by atoms with Crippen molar-refractivity contribution in [3.63, 3.8) is 0 Å². The summed E-state index contributed by atoms with van der Waals surface area (Å²) in [6, 6.07) is -1.58. The zero-order chi connectivity index (χ0) is 10.9. The average molecular weight is 207 g/mol. The molecule has 0 radical (unpaired) electrons. The Bertz CT molecular complexity index is 242. The summed E-state index contributed by atoms with van der Waals surface area (Å²) in [5, 5.41) is 38.2. The summed E-state index contributed by atoms with van der Waals surface area (Å²) >= 11 is 0. The molecule has 8 nitrogen and oxygen atoms in total. The molecule has 0 bridgehead atoms. The van der Waals surface area contributed by atoms with Crippen LogP contribution in [0.5, 0.6) is 0 Å². The molecule has 0 saturated carbocycles. The minimum Gasteiger partial charge on any atom is -0.479 e. The molecule has 0 aliphatic carbocycles. The lowest BCUT2D eigenvalue weighted by Crippen LogP contribution is -2.58. The van der Waals surface area contributed by atoms with Crippen molar-refractivity contribution in [2.75, 3.05) is 0 Å². The van der Waals surface area contributed by atoms with Gasteiger partial charge in [-0.2, -0.15) is 4.91 Å². The molecule has 1 fully saturated rings. The van der Waals surface area contributed by atoms with Crippen molar-refractivity contribution in [3.05, 3.63) is 4.91 Å². The van der Waals surface area contributed by atoms with E-state index in [2.05, 4.69) is 9.91 Å². The van der Waals surface area contributed by atoms with E-state index < -0.39 is 36.6 Å². The van der Waals surface area contributed by atoms with Gasteiger partial charge in [0.05, 0.1) is 0 Å². The summed E-state index contributed by atoms with van der Waals surface area (Å²) in [5.41, 5.74) is 0. The Morgan fingerprint density at radius 1 is 1.21 bits per heavy atom. The molecule has 0 amide bonds. The van der Waals surface area contributed by atoms with Crippen molar-refractivity contribution in [3.8, 4) is 0 Å². The standard InChI is InChI=1S/C6H9NO7/c8-2-1(7-13)6(12)14-4(3(2)9)5(10)11/h1-4,6,8-9,12H,(H,10,11). The number of carbonyl (C=O) groups is 1. The second-order valence-electron chi connectivity index (χ2n) is 2.86. The van der Waals surface area contributed by atoms with Gasteiger partial charge in [0.1, 0.15) is 12.2 Å². The first-order valence-corrected chi connectivity index (χ1v) is 3.74. The van der Waals surface area contributed by atoms with Crippen molar-refractivity contribution < 1.29 is 30.0 Å². The molecule has 1 aliphatic heterocycles. The van der Waals surface area contributed by atoms with Crippen LogP contribution in [0.25, 0.3) is 0 Å². The third-order valence-electron chi connectivity index (χ3n) is 1.95. The number of aliphatic hydroxyl groups is 3. The quantitative estimate of drug-likeness (QED) is 0.372. The fourth-order valence-corrected chi connectivity index (χ4v) is 1.18. The first kappa shape index (κ1) is 11.0. The number of rotatable bonds is 2. The van der Waals surface area contributed by atoms with Crippen LogP contribution in [-0.4, -0.2) is 57.0 Å². The molecule has 5 unspecified atom stereocenters. The molecular weight excluding hydrogens is 198 g/mol. The van der Waals surface area contributed by atoms with E-state index in [4.69, 9.17) is 15.3 Å². The molecule has 0 aromatic carbocycles. The number of ether oxygens (including phenoxy) is 1. The molecule has 0 spiro atoms. The average Bonchev–Trinajstić information content (AvgIpc) is 2.12. The number of nitrogens with zero attached hydrogens (tertiary/aromatic N) is 1. The van der Waals surface area contributed by atoms with E-state index in [0.717, 1.165) is 0 Å². The zero-order valence-electron chi connectivity index (χ0n) is 6.85. The molecule has 1 rings (SSSR count). The second kappa shape index (κ2) is 3.96. The van der Waals surface area contributed by atoms with Gasteiger partial charge in [-0.15, -0.1) is 0 Å². The van der Waals surface area contributed by atoms with Crippen LogP contribution >= 0.6 is 0 Å². The topological polar surface area (TPSA) is 137 Å². The van der Waals surface area contributed by atoms with Gasteiger partial charge < -0.3 is 25.2 Å². The van der Waals surface area contributed by atoms with Crippen molar-refractivity contribution in [1.82, 2.24) is 0 Å². The predicted molar refractivity (Wildman–Crippen MR) is 40.1 cm³/mol. The van der Waals surface area contributed by atoms with Crippen LogP contribution in [-0.2, 0) is 9.53 Å². The van der Waals surface area contributed by atoms with Crippen LogP contribution in [0.4, 0.5) is 0 Å². The summed E-state index contributed by atoms with van der Waals surface area (Å²) in [5.74, 6) is -1.54. The van der Waals surface area contributed by atoms with Gasteiger partial charge in [-0.25, -0.2) is 4.79 Å². The van der Waals surface area contributed by atoms with Crippen molar-refractivity contribution >= 4 is 5.97 Å². The number of hydrogen-bond acceptors (Lipinski definition) is 7. The lowest BCUT2D eigenvalue weighted by Gasteiger charge is -2.35. The highest BCUT2D eigenvalue weighted by molar-refractivity contribution is 5.73. The monoisotopic (exact) mass is 207 g/mol. The maximum atomic E-state index is 10.4. The van der Waals surface area contributed by atoms with E-state index in [1.807, 2.05) is 0 Å². The molecule has 4 N–H and O–H groups in total. The third kappa shape index (κ3) is 1.73. The molecular formula is C6H9NO7. The van der Waals surface area contributed by atoms with E-state index >= 15 is 0 Å². The van der Waals surface area contributed by atoms with Gasteiger partial charge >= 0.3 is 5.97 Å². The zero-order valence-corrected chi connectivity index (χ0v) is 6.85. The summed E-state index contributed by atoms with van der Waals surface area (Å²) in [6.45, 7) is 0. The molecule has 1 saturated heterocycles. The largest absolute Gasteiger partial charge is 0.479 e. The van der Waals surface area contributed by atoms with Crippen molar-refractivity contribution in [2.45, 2.75) is 30.6 Å². The van der Waals surface area contributed by atoms with Gasteiger partial charge in [-0.05, 0) is 0 Å². The van der Waals surface area contributed by atoms with Crippen LogP contribution in [0.3, 0.4) is 0 Å². The summed E-state index contributed by atoms with van der Waals surface area (Å²) < 4.78 is 4.39. The molecule has 0 aromatic heterocycles. The van der Waals surface area contributed by atoms with Gasteiger partial charge in [0.2, 0.25) is 0 Å². The van der Waals surface area contributed by atoms with Gasteiger partial charge in [-0.3, -0.25) is 0 Å². The lowest BCUT2D eigenvalue weighted by atomic mass is 9.97. The molecule has 1 heterocycles. The van der Waals surface area contributed by atoms with Gasteiger partial charge in [0, 0.05) is 0 Å². The Labute approximate surface area is 77.7 Å². The summed E-state index contributed by atoms with van der Waals surface area (Å²) in [4.78, 5) is 20.5. The van der Waals surface area contributed by atoms with E-state index in [9.17, 15) is 14.8 Å². The van der Waals surface area contributed by atoms with E-state index in [-0.39, 0.29) is 0 Å². The number of aliphatic hydroxyl groups excluding tert-OH is 3. The minimum absolute atomic E-state index is 1.54. The molecule has 80 valence electrons. The normalized spacial score (nSPS) is 43.2. The second-order valence-corrected chi connectivity index (χ2v) is 2.86. The molecule has 5 atom stereocenters. The summed E-state index contributed by atoms with van der Waals surface area (Å²) in [7, 11) is 0. The molecule has 1 aliphatic rings. The highest BCUT2D eigenvalue weighted by Crippen LogP contribution is 2.22. The number of carboxylic acids is 1. The highest BCUT2D eigenvalue weighted by Gasteiger charge is 2.47.